The summed E-state index contributed by atoms with van der Waals surface area (Å²) >= 11 is 6.17. The van der Waals surface area contributed by atoms with E-state index < -0.39 is 0 Å². The van der Waals surface area contributed by atoms with E-state index in [-0.39, 0.29) is 5.54 Å². The molecule has 1 aliphatic carbocycles. The normalized spacial score (nSPS) is 28.2. The first-order chi connectivity index (χ1) is 8.63. The highest BCUT2D eigenvalue weighted by Crippen LogP contribution is 2.33. The van der Waals surface area contributed by atoms with Gasteiger partial charge in [0.25, 0.3) is 0 Å². The fraction of sp³-hybridized carbons (Fsp3) is 0.600. The molecule has 0 aliphatic heterocycles. The van der Waals surface area contributed by atoms with Crippen molar-refractivity contribution in [2.75, 3.05) is 5.88 Å². The minimum absolute atomic E-state index is 0.0829. The molecular weight excluding hydrogens is 246 g/mol. The van der Waals surface area contributed by atoms with Crippen LogP contribution in [0.3, 0.4) is 0 Å². The first-order valence-electron chi connectivity index (χ1n) is 6.72. The van der Waals surface area contributed by atoms with Crippen molar-refractivity contribution in [1.29, 1.82) is 0 Å². The topological polar surface area (TPSA) is 32.3 Å². The van der Waals surface area contributed by atoms with Gasteiger partial charge in [-0.05, 0) is 49.3 Å². The smallest absolute Gasteiger partial charge is 0.115 e. The van der Waals surface area contributed by atoms with Gasteiger partial charge in [0, 0.05) is 18.0 Å². The summed E-state index contributed by atoms with van der Waals surface area (Å²) in [6.45, 7) is 3.09. The maximum atomic E-state index is 9.45. The molecule has 1 saturated carbocycles. The fourth-order valence-electron chi connectivity index (χ4n) is 2.63. The van der Waals surface area contributed by atoms with E-state index in [1.807, 2.05) is 12.1 Å². The molecular formula is C15H22ClNO. The van der Waals surface area contributed by atoms with Crippen molar-refractivity contribution in [2.24, 2.45) is 5.92 Å². The maximum Gasteiger partial charge on any atom is 0.115 e. The third-order valence-electron chi connectivity index (χ3n) is 4.07. The van der Waals surface area contributed by atoms with E-state index in [1.54, 1.807) is 12.1 Å². The molecule has 0 heterocycles. The lowest BCUT2D eigenvalue weighted by molar-refractivity contribution is 0.216. The first kappa shape index (κ1) is 13.7. The molecule has 2 rings (SSSR count). The molecule has 2 nitrogen and oxygen atoms in total. The summed E-state index contributed by atoms with van der Waals surface area (Å²) < 4.78 is 0. The minimum atomic E-state index is 0.0829. The summed E-state index contributed by atoms with van der Waals surface area (Å²) in [5.41, 5.74) is 1.19. The molecule has 1 aliphatic rings. The zero-order valence-corrected chi connectivity index (χ0v) is 11.7. The van der Waals surface area contributed by atoms with Crippen LogP contribution in [-0.2, 0) is 6.54 Å². The molecule has 0 amide bonds. The highest BCUT2D eigenvalue weighted by Gasteiger charge is 2.32. The average molecular weight is 268 g/mol. The zero-order chi connectivity index (χ0) is 13.0. The Morgan fingerprint density at radius 2 is 2.11 bits per heavy atom. The Bertz CT molecular complexity index is 386. The molecule has 0 unspecified atom stereocenters. The fourth-order valence-corrected chi connectivity index (χ4v) is 2.99. The molecule has 0 aromatic heterocycles. The summed E-state index contributed by atoms with van der Waals surface area (Å²) in [7, 11) is 0. The van der Waals surface area contributed by atoms with Gasteiger partial charge in [-0.2, -0.15) is 0 Å². The van der Waals surface area contributed by atoms with Crippen LogP contribution in [-0.4, -0.2) is 16.5 Å². The van der Waals surface area contributed by atoms with Gasteiger partial charge in [0.2, 0.25) is 0 Å². The van der Waals surface area contributed by atoms with E-state index in [1.165, 1.54) is 12.8 Å². The van der Waals surface area contributed by atoms with Crippen molar-refractivity contribution < 1.29 is 5.11 Å². The summed E-state index contributed by atoms with van der Waals surface area (Å²) in [4.78, 5) is 0. The van der Waals surface area contributed by atoms with Crippen LogP contribution in [0.5, 0.6) is 5.75 Å². The van der Waals surface area contributed by atoms with Crippen LogP contribution >= 0.6 is 11.6 Å². The van der Waals surface area contributed by atoms with Gasteiger partial charge >= 0.3 is 0 Å². The molecule has 18 heavy (non-hydrogen) atoms. The number of halogens is 1. The largest absolute Gasteiger partial charge is 0.508 e. The van der Waals surface area contributed by atoms with Crippen molar-refractivity contribution in [1.82, 2.24) is 5.32 Å². The second-order valence-corrected chi connectivity index (χ2v) is 5.89. The molecule has 100 valence electrons. The van der Waals surface area contributed by atoms with Crippen LogP contribution in [0.15, 0.2) is 24.3 Å². The highest BCUT2D eigenvalue weighted by atomic mass is 35.5. The molecule has 1 aromatic rings. The number of hydrogen-bond acceptors (Lipinski definition) is 2. The Morgan fingerprint density at radius 1 is 1.39 bits per heavy atom. The average Bonchev–Trinajstić information content (AvgIpc) is 2.39. The number of benzene rings is 1. The first-order valence-corrected chi connectivity index (χ1v) is 7.26. The summed E-state index contributed by atoms with van der Waals surface area (Å²) in [6.07, 6.45) is 4.80. The minimum Gasteiger partial charge on any atom is -0.508 e. The van der Waals surface area contributed by atoms with Crippen LogP contribution in [0.2, 0.25) is 0 Å². The molecule has 2 N–H and O–H groups in total. The third-order valence-corrected chi connectivity index (χ3v) is 4.58. The molecule has 0 bridgehead atoms. The van der Waals surface area contributed by atoms with E-state index in [0.717, 1.165) is 30.9 Å². The highest BCUT2D eigenvalue weighted by molar-refractivity contribution is 6.18. The number of alkyl halides is 1. The molecule has 1 aromatic carbocycles. The van der Waals surface area contributed by atoms with Crippen molar-refractivity contribution in [2.45, 2.75) is 44.7 Å². The lowest BCUT2D eigenvalue weighted by Gasteiger charge is -2.39. The molecule has 1 fully saturated rings. The van der Waals surface area contributed by atoms with E-state index in [0.29, 0.717) is 11.6 Å². The Hall–Kier alpha value is -0.730. The van der Waals surface area contributed by atoms with E-state index in [4.69, 9.17) is 11.6 Å². The predicted molar refractivity (Wildman–Crippen MR) is 76.0 cm³/mol. The lowest BCUT2D eigenvalue weighted by Crippen LogP contribution is -2.49. The van der Waals surface area contributed by atoms with Crippen LogP contribution in [0.25, 0.3) is 0 Å². The van der Waals surface area contributed by atoms with Gasteiger partial charge in [0.05, 0.1) is 0 Å². The summed E-state index contributed by atoms with van der Waals surface area (Å²) in [6, 6.07) is 7.41. The SMILES string of the molecule is CC1CCC(CCl)(NCc2cccc(O)c2)CC1. The van der Waals surface area contributed by atoms with E-state index >= 15 is 0 Å². The lowest BCUT2D eigenvalue weighted by atomic mass is 9.78. The van der Waals surface area contributed by atoms with Gasteiger partial charge in [-0.25, -0.2) is 0 Å². The Balaban J connectivity index is 1.95. The van der Waals surface area contributed by atoms with E-state index in [2.05, 4.69) is 12.2 Å². The van der Waals surface area contributed by atoms with Crippen LogP contribution in [0.4, 0.5) is 0 Å². The Kier molecular flexibility index (Phi) is 4.52. The molecule has 0 radical (unpaired) electrons. The molecule has 0 spiro atoms. The van der Waals surface area contributed by atoms with Crippen molar-refractivity contribution >= 4 is 11.6 Å². The van der Waals surface area contributed by atoms with Gasteiger partial charge in [0.15, 0.2) is 0 Å². The van der Waals surface area contributed by atoms with E-state index in [9.17, 15) is 5.11 Å². The van der Waals surface area contributed by atoms with Crippen LogP contribution < -0.4 is 5.32 Å². The maximum absolute atomic E-state index is 9.45. The predicted octanol–water partition coefficient (Wildman–Crippen LogP) is 3.67. The number of nitrogens with one attached hydrogen (secondary N) is 1. The monoisotopic (exact) mass is 267 g/mol. The molecule has 0 atom stereocenters. The Labute approximate surface area is 114 Å². The van der Waals surface area contributed by atoms with Crippen molar-refractivity contribution in [3.8, 4) is 5.75 Å². The standard InChI is InChI=1S/C15H22ClNO/c1-12-5-7-15(11-16,8-6-12)17-10-13-3-2-4-14(18)9-13/h2-4,9,12,17-18H,5-8,10-11H2,1H3. The second-order valence-electron chi connectivity index (χ2n) is 5.62. The van der Waals surface area contributed by atoms with Crippen LogP contribution in [0.1, 0.15) is 38.2 Å². The van der Waals surface area contributed by atoms with Crippen molar-refractivity contribution in [3.05, 3.63) is 29.8 Å². The third kappa shape index (κ3) is 3.39. The zero-order valence-electron chi connectivity index (χ0n) is 11.0. The number of aromatic hydroxyl groups is 1. The Morgan fingerprint density at radius 3 is 2.72 bits per heavy atom. The van der Waals surface area contributed by atoms with Gasteiger partial charge < -0.3 is 10.4 Å². The van der Waals surface area contributed by atoms with Crippen molar-refractivity contribution in [3.63, 3.8) is 0 Å². The second kappa shape index (κ2) is 5.94. The van der Waals surface area contributed by atoms with Gasteiger partial charge in [-0.3, -0.25) is 0 Å². The number of rotatable bonds is 4. The van der Waals surface area contributed by atoms with Gasteiger partial charge in [0.1, 0.15) is 5.75 Å². The quantitative estimate of drug-likeness (QED) is 0.816. The number of phenols is 1. The molecule has 3 heteroatoms. The van der Waals surface area contributed by atoms with Crippen LogP contribution in [0, 0.1) is 5.92 Å². The summed E-state index contributed by atoms with van der Waals surface area (Å²) in [5.74, 6) is 1.81. The number of phenolic OH excluding ortho intramolecular Hbond substituents is 1. The number of hydrogen-bond donors (Lipinski definition) is 2. The molecule has 0 saturated heterocycles. The van der Waals surface area contributed by atoms with Gasteiger partial charge in [-0.15, -0.1) is 11.6 Å². The van der Waals surface area contributed by atoms with Gasteiger partial charge in [-0.1, -0.05) is 19.1 Å². The summed E-state index contributed by atoms with van der Waals surface area (Å²) in [5, 5.41) is 13.1.